The van der Waals surface area contributed by atoms with Gasteiger partial charge >= 0.3 is 88.7 Å². The molecule has 0 spiro atoms. The molecule has 0 saturated heterocycles. The Balaban J connectivity index is 0.00000256. The molecule has 7 aromatic rings. The van der Waals surface area contributed by atoms with Crippen LogP contribution in [0.1, 0.15) is 0 Å². The third-order valence-corrected chi connectivity index (χ3v) is 10.9. The van der Waals surface area contributed by atoms with Crippen LogP contribution in [0, 0.1) is 0 Å². The summed E-state index contributed by atoms with van der Waals surface area (Å²) in [4.78, 5) is -1.59. The third-order valence-electron chi connectivity index (χ3n) is 8.38. The number of nitrogens with two attached hydrogens (primary N) is 1. The van der Waals surface area contributed by atoms with Crippen LogP contribution in [0.4, 0.5) is 39.8 Å². The topological polar surface area (TPSA) is 292 Å². The summed E-state index contributed by atoms with van der Waals surface area (Å²) in [7, 11) is -14.6. The number of nitrogens with zero attached hydrogens (tertiary/aromatic N) is 6. The van der Waals surface area contributed by atoms with Crippen LogP contribution in [0.2, 0.25) is 0 Å². The Kier molecular flexibility index (Phi) is 15.5. The zero-order valence-electron chi connectivity index (χ0n) is 31.1. The van der Waals surface area contributed by atoms with Crippen LogP contribution in [-0.2, 0) is 30.4 Å². The van der Waals surface area contributed by atoms with Crippen LogP contribution in [0.5, 0.6) is 5.75 Å². The largest absolute Gasteiger partial charge is 1.00 e. The number of hydrogen-bond donors (Lipinski definition) is 2. The van der Waals surface area contributed by atoms with E-state index in [-0.39, 0.29) is 150 Å². The first kappa shape index (κ1) is 48.1. The van der Waals surface area contributed by atoms with Crippen molar-refractivity contribution >= 4 is 102 Å². The van der Waals surface area contributed by atoms with Crippen LogP contribution in [0.25, 0.3) is 32.3 Å². The van der Waals surface area contributed by atoms with Crippen molar-refractivity contribution in [3.05, 3.63) is 115 Å². The molecular formula is C36H22N7Na3O10S3. The molecule has 0 atom stereocenters. The molecule has 0 radical (unpaired) electrons. The average molecular weight is 878 g/mol. The van der Waals surface area contributed by atoms with Crippen LogP contribution in [-0.4, -0.2) is 44.0 Å². The van der Waals surface area contributed by atoms with Gasteiger partial charge in [-0.05, 0) is 96.4 Å². The standard InChI is InChI=1S/C36H25N7O10S3.3Na/c37-21-2-4-22(5-3-21)38-39-33-14-12-31(27-10-7-24(18-29(27)33)55(48,49)50)40-41-34-15-13-32(28-11-8-25(19-30(28)34)56(51,52)53)42-43-36-26-9-6-23(54(45,46)47)17-20(26)1-16-35(36)44;;;/h1-19,44H,37H2,(H,45,46,47)(H,48,49,50)(H,51,52,53);;;/q;3*+1/p-3. The molecule has 0 aliphatic rings. The fraction of sp³-hybridized carbons (Fsp3) is 0. The molecule has 7 aromatic carbocycles. The summed E-state index contributed by atoms with van der Waals surface area (Å²) < 4.78 is 106. The van der Waals surface area contributed by atoms with Gasteiger partial charge in [0.05, 0.1) is 43.1 Å². The van der Waals surface area contributed by atoms with Crippen molar-refractivity contribution in [1.82, 2.24) is 0 Å². The number of hydrogen-bond acceptors (Lipinski definition) is 17. The fourth-order valence-electron chi connectivity index (χ4n) is 5.66. The molecule has 0 unspecified atom stereocenters. The maximum Gasteiger partial charge on any atom is 1.00 e. The van der Waals surface area contributed by atoms with E-state index in [1.54, 1.807) is 24.3 Å². The Labute approximate surface area is 402 Å². The minimum atomic E-state index is -4.94. The number of benzene rings is 7. The van der Waals surface area contributed by atoms with Gasteiger partial charge in [-0.1, -0.05) is 24.3 Å². The summed E-state index contributed by atoms with van der Waals surface area (Å²) in [6, 6.07) is 25.5. The summed E-state index contributed by atoms with van der Waals surface area (Å²) >= 11 is 0. The predicted molar refractivity (Wildman–Crippen MR) is 201 cm³/mol. The second-order valence-electron chi connectivity index (χ2n) is 12.0. The van der Waals surface area contributed by atoms with Crippen molar-refractivity contribution in [2.45, 2.75) is 14.7 Å². The second-order valence-corrected chi connectivity index (χ2v) is 16.1. The van der Waals surface area contributed by atoms with E-state index >= 15 is 0 Å². The maximum absolute atomic E-state index is 12.0. The summed E-state index contributed by atoms with van der Waals surface area (Å²) in [5.74, 6) is -0.321. The van der Waals surface area contributed by atoms with Crippen LogP contribution in [0.15, 0.2) is 161 Å². The summed E-state index contributed by atoms with van der Waals surface area (Å²) in [6.45, 7) is 0. The van der Waals surface area contributed by atoms with Crippen molar-refractivity contribution in [3.63, 3.8) is 0 Å². The zero-order valence-corrected chi connectivity index (χ0v) is 39.5. The van der Waals surface area contributed by atoms with E-state index in [1.165, 1.54) is 54.6 Å². The normalized spacial score (nSPS) is 12.3. The van der Waals surface area contributed by atoms with Gasteiger partial charge in [0.2, 0.25) is 0 Å². The number of fused-ring (bicyclic) bond motifs is 3. The van der Waals surface area contributed by atoms with Gasteiger partial charge < -0.3 is 24.5 Å². The molecule has 0 aliphatic heterocycles. The first-order valence-corrected chi connectivity index (χ1v) is 20.1. The van der Waals surface area contributed by atoms with E-state index in [0.29, 0.717) is 16.8 Å². The molecule has 0 aromatic heterocycles. The summed E-state index contributed by atoms with van der Waals surface area (Å²) in [5, 5.41) is 37.5. The number of aromatic hydroxyl groups is 1. The van der Waals surface area contributed by atoms with E-state index < -0.39 is 45.0 Å². The molecule has 59 heavy (non-hydrogen) atoms. The first-order valence-electron chi connectivity index (χ1n) is 15.8. The van der Waals surface area contributed by atoms with Gasteiger partial charge in [-0.15, -0.1) is 25.6 Å². The van der Waals surface area contributed by atoms with Gasteiger partial charge in [0.15, 0.2) is 0 Å². The Hall–Kier alpha value is -3.55. The molecule has 7 rings (SSSR count). The van der Waals surface area contributed by atoms with Crippen LogP contribution < -0.4 is 94.4 Å². The molecule has 0 bridgehead atoms. The van der Waals surface area contributed by atoms with Crippen molar-refractivity contribution < 1.29 is 133 Å². The van der Waals surface area contributed by atoms with Gasteiger partial charge in [0.25, 0.3) is 0 Å². The monoisotopic (exact) mass is 877 g/mol. The Bertz CT molecular complexity index is 3210. The molecular weight excluding hydrogens is 856 g/mol. The molecule has 0 aliphatic carbocycles. The number of anilines is 1. The quantitative estimate of drug-likeness (QED) is 0.0799. The smallest absolute Gasteiger partial charge is 0.744 e. The van der Waals surface area contributed by atoms with Crippen LogP contribution in [0.3, 0.4) is 0 Å². The van der Waals surface area contributed by atoms with E-state index in [2.05, 4.69) is 30.7 Å². The molecule has 0 saturated carbocycles. The van der Waals surface area contributed by atoms with Gasteiger partial charge in [-0.2, -0.15) is 5.11 Å². The van der Waals surface area contributed by atoms with E-state index in [1.807, 2.05) is 0 Å². The predicted octanol–water partition coefficient (Wildman–Crippen LogP) is -0.595. The molecule has 23 heteroatoms. The third kappa shape index (κ3) is 10.9. The molecule has 0 amide bonds. The molecule has 17 nitrogen and oxygen atoms in total. The molecule has 282 valence electrons. The van der Waals surface area contributed by atoms with Gasteiger partial charge in [-0.25, -0.2) is 25.3 Å². The summed E-state index contributed by atoms with van der Waals surface area (Å²) in [5.41, 5.74) is 7.20. The maximum atomic E-state index is 12.0. The van der Waals surface area contributed by atoms with Crippen LogP contribution >= 0.6 is 0 Å². The number of phenolic OH excluding ortho intramolecular Hbond substituents is 1. The fourth-order valence-corrected chi connectivity index (χ4v) is 7.16. The summed E-state index contributed by atoms with van der Waals surface area (Å²) in [6.07, 6.45) is 0. The van der Waals surface area contributed by atoms with Gasteiger partial charge in [0.1, 0.15) is 41.8 Å². The molecule has 3 N–H and O–H groups in total. The number of rotatable bonds is 9. The number of azo groups is 3. The minimum Gasteiger partial charge on any atom is -0.744 e. The van der Waals surface area contributed by atoms with Crippen molar-refractivity contribution in [2.75, 3.05) is 5.73 Å². The number of nitrogen functional groups attached to an aromatic ring is 1. The second kappa shape index (κ2) is 19.0. The SMILES string of the molecule is Nc1ccc(N=Nc2ccc(N=Nc3ccc(N=Nc4c(O)ccc5cc(S(=O)(=O)[O-])ccc45)c4ccc(S(=O)(=O)[O-])cc34)c3ccc(S(=O)(=O)[O-])cc23)cc1.[Na+].[Na+].[Na+]. The number of phenols is 1. The first-order chi connectivity index (χ1) is 26.5. The van der Waals surface area contributed by atoms with E-state index in [4.69, 9.17) is 5.73 Å². The van der Waals surface area contributed by atoms with Crippen molar-refractivity contribution in [3.8, 4) is 5.75 Å². The van der Waals surface area contributed by atoms with E-state index in [0.717, 1.165) is 36.4 Å². The average Bonchev–Trinajstić information content (AvgIpc) is 3.15. The van der Waals surface area contributed by atoms with Crippen molar-refractivity contribution in [1.29, 1.82) is 0 Å². The van der Waals surface area contributed by atoms with E-state index in [9.17, 15) is 44.0 Å². The zero-order chi connectivity index (χ0) is 40.0. The van der Waals surface area contributed by atoms with Crippen molar-refractivity contribution in [2.24, 2.45) is 30.7 Å². The van der Waals surface area contributed by atoms with Gasteiger partial charge in [-0.3, -0.25) is 0 Å². The minimum absolute atomic E-state index is 0. The molecule has 0 heterocycles. The Morgan fingerprint density at radius 3 is 1.27 bits per heavy atom. The van der Waals surface area contributed by atoms with Gasteiger partial charge in [0, 0.05) is 32.6 Å². The Morgan fingerprint density at radius 1 is 0.424 bits per heavy atom. The Morgan fingerprint density at radius 2 is 0.814 bits per heavy atom. The molecule has 0 fully saturated rings.